The molecular formula is C19H18N2O2S. The number of aliphatic hydroxyl groups excluding tert-OH is 1. The van der Waals surface area contributed by atoms with Gasteiger partial charge >= 0.3 is 0 Å². The Labute approximate surface area is 145 Å². The van der Waals surface area contributed by atoms with Gasteiger partial charge in [0.2, 0.25) is 0 Å². The van der Waals surface area contributed by atoms with E-state index in [1.807, 2.05) is 42.5 Å². The van der Waals surface area contributed by atoms with Gasteiger partial charge in [0.25, 0.3) is 0 Å². The predicted molar refractivity (Wildman–Crippen MR) is 96.1 cm³/mol. The molecule has 1 atom stereocenters. The summed E-state index contributed by atoms with van der Waals surface area (Å²) in [6.07, 6.45) is 2.80. The van der Waals surface area contributed by atoms with Gasteiger partial charge in [0.1, 0.15) is 12.4 Å². The third kappa shape index (κ3) is 4.81. The maximum absolute atomic E-state index is 10.0. The fraction of sp³-hybridized carbons (Fsp3) is 0.158. The van der Waals surface area contributed by atoms with Crippen LogP contribution in [0.3, 0.4) is 0 Å². The maximum Gasteiger partial charge on any atom is 0.187 e. The van der Waals surface area contributed by atoms with Crippen molar-refractivity contribution >= 4 is 11.8 Å². The van der Waals surface area contributed by atoms with Crippen molar-refractivity contribution < 1.29 is 9.84 Å². The number of hydrogen-bond donors (Lipinski definition) is 1. The van der Waals surface area contributed by atoms with Crippen molar-refractivity contribution in [2.45, 2.75) is 11.3 Å². The average Bonchev–Trinajstić information content (AvgIpc) is 2.67. The quantitative estimate of drug-likeness (QED) is 0.526. The smallest absolute Gasteiger partial charge is 0.187 e. The second-order valence-electron chi connectivity index (χ2n) is 5.20. The van der Waals surface area contributed by atoms with Gasteiger partial charge in [-0.2, -0.15) is 0 Å². The molecule has 122 valence electrons. The molecule has 5 heteroatoms. The van der Waals surface area contributed by atoms with Crippen LogP contribution in [0.25, 0.3) is 11.1 Å². The minimum absolute atomic E-state index is 0.241. The summed E-state index contributed by atoms with van der Waals surface area (Å²) in [5, 5.41) is 10.7. The molecule has 4 nitrogen and oxygen atoms in total. The van der Waals surface area contributed by atoms with Crippen LogP contribution < -0.4 is 4.74 Å². The molecule has 0 spiro atoms. The lowest BCUT2D eigenvalue weighted by atomic mass is 10.1. The highest BCUT2D eigenvalue weighted by Crippen LogP contribution is 2.22. The lowest BCUT2D eigenvalue weighted by Crippen LogP contribution is -2.20. The van der Waals surface area contributed by atoms with Crippen LogP contribution >= 0.6 is 11.8 Å². The normalized spacial score (nSPS) is 11.9. The zero-order valence-corrected chi connectivity index (χ0v) is 13.9. The van der Waals surface area contributed by atoms with Crippen LogP contribution in [0.5, 0.6) is 5.75 Å². The Morgan fingerprint density at radius 1 is 0.875 bits per heavy atom. The first kappa shape index (κ1) is 16.5. The molecule has 0 saturated carbocycles. The summed E-state index contributed by atoms with van der Waals surface area (Å²) >= 11 is 1.41. The Hall–Kier alpha value is -2.37. The molecule has 2 aromatic carbocycles. The lowest BCUT2D eigenvalue weighted by molar-refractivity contribution is 0.126. The molecule has 0 saturated heterocycles. The number of hydrogen-bond acceptors (Lipinski definition) is 5. The fourth-order valence-electron chi connectivity index (χ4n) is 2.15. The zero-order chi connectivity index (χ0) is 16.6. The summed E-state index contributed by atoms with van der Waals surface area (Å²) in [6, 6.07) is 19.8. The van der Waals surface area contributed by atoms with Crippen LogP contribution in [0, 0.1) is 0 Å². The molecular weight excluding hydrogens is 320 g/mol. The van der Waals surface area contributed by atoms with Crippen molar-refractivity contribution in [3.8, 4) is 16.9 Å². The molecule has 0 aliphatic rings. The minimum Gasteiger partial charge on any atom is -0.491 e. The number of aliphatic hydroxyl groups is 1. The summed E-state index contributed by atoms with van der Waals surface area (Å²) in [4.78, 5) is 8.21. The molecule has 1 heterocycles. The van der Waals surface area contributed by atoms with E-state index in [4.69, 9.17) is 4.74 Å². The molecule has 0 bridgehead atoms. The summed E-state index contributed by atoms with van der Waals surface area (Å²) < 4.78 is 5.64. The number of nitrogens with zero attached hydrogens (tertiary/aromatic N) is 2. The van der Waals surface area contributed by atoms with E-state index in [9.17, 15) is 5.11 Å². The van der Waals surface area contributed by atoms with E-state index >= 15 is 0 Å². The van der Waals surface area contributed by atoms with Gasteiger partial charge in [0.15, 0.2) is 5.16 Å². The van der Waals surface area contributed by atoms with Crippen LogP contribution in [0.15, 0.2) is 78.2 Å². The second kappa shape index (κ2) is 8.47. The molecule has 1 N–H and O–H groups in total. The first-order valence-electron chi connectivity index (χ1n) is 7.67. The van der Waals surface area contributed by atoms with E-state index in [-0.39, 0.29) is 6.61 Å². The van der Waals surface area contributed by atoms with Gasteiger partial charge in [-0.25, -0.2) is 9.97 Å². The summed E-state index contributed by atoms with van der Waals surface area (Å²) in [5.74, 6) is 1.24. The molecule has 0 aliphatic carbocycles. The minimum atomic E-state index is -0.576. The van der Waals surface area contributed by atoms with Crippen molar-refractivity contribution in [2.24, 2.45) is 0 Å². The van der Waals surface area contributed by atoms with E-state index in [1.54, 1.807) is 18.5 Å². The van der Waals surface area contributed by atoms with Crippen LogP contribution in [0.2, 0.25) is 0 Å². The summed E-state index contributed by atoms with van der Waals surface area (Å²) in [5.41, 5.74) is 2.31. The highest BCUT2D eigenvalue weighted by molar-refractivity contribution is 7.99. The first-order chi connectivity index (χ1) is 11.8. The van der Waals surface area contributed by atoms with Gasteiger partial charge in [-0.05, 0) is 29.3 Å². The van der Waals surface area contributed by atoms with Crippen LogP contribution in [-0.4, -0.2) is 33.5 Å². The molecule has 0 fully saturated rings. The van der Waals surface area contributed by atoms with Crippen molar-refractivity contribution in [2.75, 3.05) is 12.4 Å². The number of rotatable bonds is 7. The third-order valence-electron chi connectivity index (χ3n) is 3.35. The van der Waals surface area contributed by atoms with Gasteiger partial charge in [0.05, 0.1) is 6.10 Å². The van der Waals surface area contributed by atoms with E-state index in [0.29, 0.717) is 10.9 Å². The molecule has 3 aromatic rings. The molecule has 0 radical (unpaired) electrons. The van der Waals surface area contributed by atoms with Gasteiger partial charge in [0, 0.05) is 18.1 Å². The van der Waals surface area contributed by atoms with Crippen LogP contribution in [-0.2, 0) is 0 Å². The highest BCUT2D eigenvalue weighted by atomic mass is 32.2. The summed E-state index contributed by atoms with van der Waals surface area (Å²) in [6.45, 7) is 0.241. The lowest BCUT2D eigenvalue weighted by Gasteiger charge is -2.12. The Morgan fingerprint density at radius 3 is 2.25 bits per heavy atom. The van der Waals surface area contributed by atoms with E-state index in [2.05, 4.69) is 22.1 Å². The van der Waals surface area contributed by atoms with Gasteiger partial charge < -0.3 is 9.84 Å². The van der Waals surface area contributed by atoms with Crippen molar-refractivity contribution in [3.05, 3.63) is 73.1 Å². The Kier molecular flexibility index (Phi) is 5.82. The SMILES string of the molecule is OC(COc1ccc(-c2ccccc2)cc1)CSc1ncccn1. The average molecular weight is 338 g/mol. The highest BCUT2D eigenvalue weighted by Gasteiger charge is 2.08. The van der Waals surface area contributed by atoms with Gasteiger partial charge in [-0.3, -0.25) is 0 Å². The van der Waals surface area contributed by atoms with E-state index < -0.39 is 6.10 Å². The maximum atomic E-state index is 10.0. The molecule has 24 heavy (non-hydrogen) atoms. The Bertz CT molecular complexity index is 736. The van der Waals surface area contributed by atoms with Gasteiger partial charge in [-0.1, -0.05) is 54.2 Å². The number of ether oxygens (including phenoxy) is 1. The topological polar surface area (TPSA) is 55.2 Å². The largest absolute Gasteiger partial charge is 0.491 e. The Morgan fingerprint density at radius 2 is 1.54 bits per heavy atom. The monoisotopic (exact) mass is 338 g/mol. The first-order valence-corrected chi connectivity index (χ1v) is 8.66. The fourth-order valence-corrected chi connectivity index (χ4v) is 2.85. The summed E-state index contributed by atoms with van der Waals surface area (Å²) in [7, 11) is 0. The number of benzene rings is 2. The van der Waals surface area contributed by atoms with E-state index in [0.717, 1.165) is 11.3 Å². The van der Waals surface area contributed by atoms with E-state index in [1.165, 1.54) is 17.3 Å². The van der Waals surface area contributed by atoms with Crippen molar-refractivity contribution in [1.29, 1.82) is 0 Å². The van der Waals surface area contributed by atoms with Crippen LogP contribution in [0.4, 0.5) is 0 Å². The van der Waals surface area contributed by atoms with Crippen molar-refractivity contribution in [1.82, 2.24) is 9.97 Å². The molecule has 3 rings (SSSR count). The van der Waals surface area contributed by atoms with Crippen molar-refractivity contribution in [3.63, 3.8) is 0 Å². The second-order valence-corrected chi connectivity index (χ2v) is 6.18. The molecule has 1 unspecified atom stereocenters. The Balaban J connectivity index is 1.48. The predicted octanol–water partition coefficient (Wildman–Crippen LogP) is 3.68. The number of aromatic nitrogens is 2. The van der Waals surface area contributed by atoms with Gasteiger partial charge in [-0.15, -0.1) is 0 Å². The standard InChI is InChI=1S/C19H18N2O2S/c22-17(14-24-19-20-11-4-12-21-19)13-23-18-9-7-16(8-10-18)15-5-2-1-3-6-15/h1-12,17,22H,13-14H2. The number of thioether (sulfide) groups is 1. The molecule has 0 aliphatic heterocycles. The zero-order valence-electron chi connectivity index (χ0n) is 13.1. The molecule has 0 amide bonds. The van der Waals surface area contributed by atoms with Crippen LogP contribution in [0.1, 0.15) is 0 Å². The molecule has 1 aromatic heterocycles. The third-order valence-corrected chi connectivity index (χ3v) is 4.37.